The Balaban J connectivity index is 1.50. The average molecular weight is 514 g/mol. The first-order valence-corrected chi connectivity index (χ1v) is 13.4. The second-order valence-electron chi connectivity index (χ2n) is 10.5. The Labute approximate surface area is 226 Å². The molecule has 10 aromatic rings. The van der Waals surface area contributed by atoms with Gasteiger partial charge in [0.1, 0.15) is 33.5 Å². The normalized spacial score (nSPS) is 12.5. The van der Waals surface area contributed by atoms with Gasteiger partial charge in [-0.25, -0.2) is 0 Å². The topological polar surface area (TPSA) is 44.4 Å². The second-order valence-corrected chi connectivity index (χ2v) is 10.5. The van der Waals surface area contributed by atoms with Gasteiger partial charge in [-0.05, 0) is 42.5 Å². The van der Waals surface area contributed by atoms with Crippen LogP contribution in [0.25, 0.3) is 93.3 Å². The summed E-state index contributed by atoms with van der Waals surface area (Å²) >= 11 is 0. The van der Waals surface area contributed by atoms with E-state index >= 15 is 0 Å². The largest absolute Gasteiger partial charge is 0.456 e. The zero-order valence-electron chi connectivity index (χ0n) is 21.1. The predicted molar refractivity (Wildman–Crippen MR) is 163 cm³/mol. The zero-order chi connectivity index (χ0) is 25.9. The highest BCUT2D eigenvalue weighted by Gasteiger charge is 2.26. The average Bonchev–Trinajstić information content (AvgIpc) is 3.75. The van der Waals surface area contributed by atoms with Gasteiger partial charge in [0.25, 0.3) is 0 Å². The van der Waals surface area contributed by atoms with Crippen molar-refractivity contribution >= 4 is 87.6 Å². The third kappa shape index (κ3) is 2.42. The number of benzene rings is 6. The number of hydrogen-bond acceptors (Lipinski definition) is 3. The monoisotopic (exact) mass is 513 g/mol. The highest BCUT2D eigenvalue weighted by molar-refractivity contribution is 6.37. The first-order chi connectivity index (χ1) is 19.8. The standard InChI is InChI=1S/C36H19NO3/c1-5-13-26-22(10-1)31-34(37(26)20-17-18-30-25(19-20)21-9-2-6-14-27(21)38-30)32-23-11-3-7-15-28(23)39-36(32)33-24-12-4-8-16-29(24)40-35(31)33/h1-19H. The van der Waals surface area contributed by atoms with Crippen LogP contribution in [0.3, 0.4) is 0 Å². The smallest absolute Gasteiger partial charge is 0.149 e. The van der Waals surface area contributed by atoms with Crippen molar-refractivity contribution in [3.63, 3.8) is 0 Å². The van der Waals surface area contributed by atoms with Gasteiger partial charge >= 0.3 is 0 Å². The quantitative estimate of drug-likeness (QED) is 0.219. The molecule has 0 fully saturated rings. The molecule has 0 amide bonds. The molecule has 0 atom stereocenters. The van der Waals surface area contributed by atoms with Gasteiger partial charge in [0.2, 0.25) is 0 Å². The molecule has 0 aliphatic rings. The highest BCUT2D eigenvalue weighted by atomic mass is 16.3. The molecule has 0 aliphatic heterocycles. The van der Waals surface area contributed by atoms with E-state index in [-0.39, 0.29) is 0 Å². The summed E-state index contributed by atoms with van der Waals surface area (Å²) < 4.78 is 21.8. The van der Waals surface area contributed by atoms with Gasteiger partial charge in [-0.1, -0.05) is 72.8 Å². The summed E-state index contributed by atoms with van der Waals surface area (Å²) in [7, 11) is 0. The van der Waals surface area contributed by atoms with Crippen LogP contribution in [0.2, 0.25) is 0 Å². The third-order valence-corrected chi connectivity index (χ3v) is 8.38. The van der Waals surface area contributed by atoms with Crippen molar-refractivity contribution in [1.29, 1.82) is 0 Å². The maximum absolute atomic E-state index is 6.65. The Morgan fingerprint density at radius 2 is 0.925 bits per heavy atom. The summed E-state index contributed by atoms with van der Waals surface area (Å²) in [5, 5.41) is 8.71. The van der Waals surface area contributed by atoms with E-state index in [2.05, 4.69) is 83.4 Å². The van der Waals surface area contributed by atoms with Crippen LogP contribution in [-0.2, 0) is 0 Å². The molecule has 186 valence electrons. The fraction of sp³-hybridized carbons (Fsp3) is 0. The van der Waals surface area contributed by atoms with Crippen molar-refractivity contribution in [2.75, 3.05) is 0 Å². The Hall–Kier alpha value is -5.48. The molecule has 6 aromatic carbocycles. The van der Waals surface area contributed by atoms with Crippen molar-refractivity contribution in [3.8, 4) is 5.69 Å². The second kappa shape index (κ2) is 7.13. The van der Waals surface area contributed by atoms with Crippen molar-refractivity contribution in [3.05, 3.63) is 115 Å². The van der Waals surface area contributed by atoms with E-state index < -0.39 is 0 Å². The Morgan fingerprint density at radius 3 is 1.65 bits per heavy atom. The summed E-state index contributed by atoms with van der Waals surface area (Å²) in [4.78, 5) is 0. The van der Waals surface area contributed by atoms with Crippen molar-refractivity contribution in [1.82, 2.24) is 4.57 Å². The highest BCUT2D eigenvalue weighted by Crippen LogP contribution is 2.48. The van der Waals surface area contributed by atoms with Crippen molar-refractivity contribution in [2.24, 2.45) is 0 Å². The summed E-state index contributed by atoms with van der Waals surface area (Å²) in [5.74, 6) is 0. The molecule has 0 spiro atoms. The Bertz CT molecular complexity index is 2630. The zero-order valence-corrected chi connectivity index (χ0v) is 21.1. The van der Waals surface area contributed by atoms with E-state index in [0.717, 1.165) is 93.3 Å². The van der Waals surface area contributed by atoms with Crippen LogP contribution in [0, 0.1) is 0 Å². The fourth-order valence-electron chi connectivity index (χ4n) is 6.73. The molecule has 4 heteroatoms. The molecule has 0 aliphatic carbocycles. The molecular weight excluding hydrogens is 494 g/mol. The first-order valence-electron chi connectivity index (χ1n) is 13.4. The van der Waals surface area contributed by atoms with Crippen molar-refractivity contribution < 1.29 is 13.3 Å². The van der Waals surface area contributed by atoms with Gasteiger partial charge in [0.05, 0.1) is 27.2 Å². The maximum atomic E-state index is 6.65. The van der Waals surface area contributed by atoms with Gasteiger partial charge in [-0.2, -0.15) is 0 Å². The molecule has 0 saturated carbocycles. The minimum absolute atomic E-state index is 0.854. The van der Waals surface area contributed by atoms with Gasteiger partial charge in [0.15, 0.2) is 0 Å². The summed E-state index contributed by atoms with van der Waals surface area (Å²) in [6.45, 7) is 0. The minimum atomic E-state index is 0.854. The van der Waals surface area contributed by atoms with Crippen molar-refractivity contribution in [2.45, 2.75) is 0 Å². The molecule has 0 unspecified atom stereocenters. The summed E-state index contributed by atoms with van der Waals surface area (Å²) in [6, 6.07) is 39.8. The summed E-state index contributed by atoms with van der Waals surface area (Å²) in [6.07, 6.45) is 0. The number of rotatable bonds is 1. The molecule has 10 rings (SSSR count). The number of nitrogens with zero attached hydrogens (tertiary/aromatic N) is 1. The molecule has 40 heavy (non-hydrogen) atoms. The van der Waals surface area contributed by atoms with Gasteiger partial charge < -0.3 is 17.8 Å². The van der Waals surface area contributed by atoms with Crippen LogP contribution in [0.15, 0.2) is 129 Å². The Kier molecular flexibility index (Phi) is 3.65. The molecule has 0 saturated heterocycles. The first kappa shape index (κ1) is 20.5. The lowest BCUT2D eigenvalue weighted by Gasteiger charge is -2.09. The van der Waals surface area contributed by atoms with E-state index in [1.165, 1.54) is 0 Å². The van der Waals surface area contributed by atoms with E-state index in [1.54, 1.807) is 0 Å². The molecule has 4 nitrogen and oxygen atoms in total. The maximum Gasteiger partial charge on any atom is 0.149 e. The number of hydrogen-bond donors (Lipinski definition) is 0. The molecule has 0 N–H and O–H groups in total. The van der Waals surface area contributed by atoms with Gasteiger partial charge in [-0.15, -0.1) is 0 Å². The lowest BCUT2D eigenvalue weighted by molar-refractivity contribution is 0.665. The SMILES string of the molecule is c1ccc2c(c1)oc1ccc(-n3c4ccccc4c4c5oc6ccccc6c5c5oc6ccccc6c5c43)cc12. The molecule has 4 aromatic heterocycles. The third-order valence-electron chi connectivity index (χ3n) is 8.38. The lowest BCUT2D eigenvalue weighted by atomic mass is 10.0. The molecule has 0 bridgehead atoms. The predicted octanol–water partition coefficient (Wildman–Crippen LogP) is 10.5. The van der Waals surface area contributed by atoms with E-state index in [1.807, 2.05) is 36.4 Å². The minimum Gasteiger partial charge on any atom is -0.456 e. The fourth-order valence-corrected chi connectivity index (χ4v) is 6.73. The van der Waals surface area contributed by atoms with Crippen LogP contribution in [0.4, 0.5) is 0 Å². The number of aromatic nitrogens is 1. The summed E-state index contributed by atoms with van der Waals surface area (Å²) in [5.41, 5.74) is 8.46. The van der Waals surface area contributed by atoms with Crippen LogP contribution in [0.5, 0.6) is 0 Å². The number of furan rings is 3. The van der Waals surface area contributed by atoms with Crippen LogP contribution >= 0.6 is 0 Å². The molecule has 4 heterocycles. The van der Waals surface area contributed by atoms with Crippen LogP contribution in [0.1, 0.15) is 0 Å². The number of fused-ring (bicyclic) bond motifs is 15. The van der Waals surface area contributed by atoms with E-state index in [4.69, 9.17) is 13.3 Å². The molecular formula is C36H19NO3. The lowest BCUT2D eigenvalue weighted by Crippen LogP contribution is -1.94. The van der Waals surface area contributed by atoms with Crippen LogP contribution in [-0.4, -0.2) is 4.57 Å². The van der Waals surface area contributed by atoms with E-state index in [0.29, 0.717) is 0 Å². The number of para-hydroxylation sites is 4. The van der Waals surface area contributed by atoms with E-state index in [9.17, 15) is 0 Å². The van der Waals surface area contributed by atoms with Crippen LogP contribution < -0.4 is 0 Å². The van der Waals surface area contributed by atoms with Gasteiger partial charge in [0, 0.05) is 32.6 Å². The van der Waals surface area contributed by atoms with Gasteiger partial charge in [-0.3, -0.25) is 0 Å². The Morgan fingerprint density at radius 1 is 0.400 bits per heavy atom. The molecule has 0 radical (unpaired) electrons.